The zero-order valence-electron chi connectivity index (χ0n) is 7.73. The Morgan fingerprint density at radius 2 is 1.62 bits per heavy atom. The first-order chi connectivity index (χ1) is 6.18. The molecule has 1 radical (unpaired) electrons. The Hall–Kier alpha value is 0.0300. The number of hydrogen-bond donors (Lipinski definition) is 0. The molecule has 0 aromatic heterocycles. The Labute approximate surface area is 77.5 Å². The molecule has 0 N–H and O–H groups in total. The van der Waals surface area contributed by atoms with Crippen LogP contribution in [0.3, 0.4) is 0 Å². The first-order valence-corrected chi connectivity index (χ1v) is 5.30. The van der Waals surface area contributed by atoms with Gasteiger partial charge in [-0.1, -0.05) is 0 Å². The summed E-state index contributed by atoms with van der Waals surface area (Å²) >= 11 is 0. The fourth-order valence-corrected chi connectivity index (χ4v) is 1.21. The molecule has 0 spiro atoms. The van der Waals surface area contributed by atoms with Crippen LogP contribution in [0.25, 0.3) is 0 Å². The molecular formula is C6H14O6P. The van der Waals surface area contributed by atoms with Crippen LogP contribution >= 0.6 is 7.82 Å². The van der Waals surface area contributed by atoms with Crippen molar-refractivity contribution in [1.82, 2.24) is 0 Å². The van der Waals surface area contributed by atoms with E-state index in [-0.39, 0.29) is 19.8 Å². The van der Waals surface area contributed by atoms with E-state index < -0.39 is 7.82 Å². The molecular weight excluding hydrogens is 199 g/mol. The Morgan fingerprint density at radius 1 is 1.15 bits per heavy atom. The summed E-state index contributed by atoms with van der Waals surface area (Å²) in [6.45, 7) is 7.02. The summed E-state index contributed by atoms with van der Waals surface area (Å²) in [6, 6.07) is 0. The van der Waals surface area contributed by atoms with Gasteiger partial charge in [0.1, 0.15) is 0 Å². The van der Waals surface area contributed by atoms with Gasteiger partial charge in [0.25, 0.3) is 0 Å². The Balaban J connectivity index is 3.92. The molecule has 0 bridgehead atoms. The van der Waals surface area contributed by atoms with E-state index >= 15 is 0 Å². The van der Waals surface area contributed by atoms with E-state index in [2.05, 4.69) is 30.6 Å². The van der Waals surface area contributed by atoms with Gasteiger partial charge in [-0.2, -0.15) is 0 Å². The fraction of sp³-hybridized carbons (Fsp3) is 0.833. The average Bonchev–Trinajstić information content (AvgIpc) is 2.12. The van der Waals surface area contributed by atoms with Crippen molar-refractivity contribution in [3.63, 3.8) is 0 Å². The molecule has 0 aliphatic carbocycles. The van der Waals surface area contributed by atoms with E-state index in [1.807, 2.05) is 0 Å². The van der Waals surface area contributed by atoms with Crippen LogP contribution in [-0.4, -0.2) is 19.8 Å². The summed E-state index contributed by atoms with van der Waals surface area (Å²) in [6.07, 6.45) is 0. The van der Waals surface area contributed by atoms with Crippen LogP contribution in [0.5, 0.6) is 0 Å². The molecule has 13 heavy (non-hydrogen) atoms. The smallest absolute Gasteiger partial charge is 0.284 e. The lowest BCUT2D eigenvalue weighted by Crippen LogP contribution is -2.02. The van der Waals surface area contributed by atoms with E-state index in [9.17, 15) is 4.57 Å². The van der Waals surface area contributed by atoms with Crippen LogP contribution < -0.4 is 0 Å². The lowest BCUT2D eigenvalue weighted by Gasteiger charge is -2.13. The highest BCUT2D eigenvalue weighted by atomic mass is 31.2. The van der Waals surface area contributed by atoms with Crippen molar-refractivity contribution in [1.29, 1.82) is 0 Å². The Morgan fingerprint density at radius 3 is 1.92 bits per heavy atom. The van der Waals surface area contributed by atoms with Crippen molar-refractivity contribution < 1.29 is 28.2 Å². The zero-order chi connectivity index (χ0) is 10.2. The van der Waals surface area contributed by atoms with Gasteiger partial charge >= 0.3 is 7.82 Å². The van der Waals surface area contributed by atoms with Gasteiger partial charge in [0, 0.05) is 0 Å². The fourth-order valence-electron chi connectivity index (χ4n) is 0.402. The standard InChI is InChI=1S/C6H14O6P/c1-4-8-11-13(7,10-6-3)12-9-5-2/h3-6H2,1-2H3. The maximum absolute atomic E-state index is 11.4. The first kappa shape index (κ1) is 13.0. The maximum atomic E-state index is 11.4. The van der Waals surface area contributed by atoms with Crippen molar-refractivity contribution in [3.05, 3.63) is 6.92 Å². The molecule has 6 nitrogen and oxygen atoms in total. The van der Waals surface area contributed by atoms with Crippen molar-refractivity contribution in [2.75, 3.05) is 19.8 Å². The minimum absolute atomic E-state index is 0.0720. The minimum atomic E-state index is -3.76. The molecule has 0 aromatic carbocycles. The van der Waals surface area contributed by atoms with Gasteiger partial charge < -0.3 is 0 Å². The molecule has 0 aliphatic heterocycles. The van der Waals surface area contributed by atoms with Gasteiger partial charge in [0.15, 0.2) is 0 Å². The Bertz CT molecular complexity index is 149. The normalized spacial score (nSPS) is 11.9. The zero-order valence-corrected chi connectivity index (χ0v) is 8.62. The van der Waals surface area contributed by atoms with E-state index in [1.165, 1.54) is 0 Å². The van der Waals surface area contributed by atoms with Crippen LogP contribution in [0.2, 0.25) is 0 Å². The quantitative estimate of drug-likeness (QED) is 0.348. The molecule has 7 heteroatoms. The molecule has 0 aromatic rings. The second-order valence-electron chi connectivity index (χ2n) is 1.74. The Kier molecular flexibility index (Phi) is 7.45. The predicted molar refractivity (Wildman–Crippen MR) is 44.3 cm³/mol. The van der Waals surface area contributed by atoms with Crippen LogP contribution in [-0.2, 0) is 28.2 Å². The van der Waals surface area contributed by atoms with Crippen LogP contribution in [0.1, 0.15) is 13.8 Å². The second kappa shape index (κ2) is 7.44. The van der Waals surface area contributed by atoms with E-state index in [0.717, 1.165) is 0 Å². The molecule has 0 saturated carbocycles. The third-order valence-electron chi connectivity index (χ3n) is 0.773. The molecule has 0 heterocycles. The molecule has 0 unspecified atom stereocenters. The first-order valence-electron chi connectivity index (χ1n) is 3.84. The largest absolute Gasteiger partial charge is 0.529 e. The van der Waals surface area contributed by atoms with Gasteiger partial charge in [-0.25, -0.2) is 14.3 Å². The second-order valence-corrected chi connectivity index (χ2v) is 3.19. The van der Waals surface area contributed by atoms with Crippen molar-refractivity contribution in [2.45, 2.75) is 13.8 Å². The summed E-state index contributed by atoms with van der Waals surface area (Å²) in [5.74, 6) is 0. The SMILES string of the molecule is [CH2]COP(=O)(OOCC)OOCC. The molecule has 0 rings (SSSR count). The van der Waals surface area contributed by atoms with Gasteiger partial charge in [0.05, 0.1) is 19.8 Å². The van der Waals surface area contributed by atoms with Gasteiger partial charge in [-0.3, -0.25) is 4.52 Å². The van der Waals surface area contributed by atoms with E-state index in [1.54, 1.807) is 13.8 Å². The molecule has 0 saturated heterocycles. The predicted octanol–water partition coefficient (Wildman–Crippen LogP) is 1.88. The van der Waals surface area contributed by atoms with Crippen LogP contribution in [0.4, 0.5) is 0 Å². The minimum Gasteiger partial charge on any atom is -0.284 e. The van der Waals surface area contributed by atoms with E-state index in [4.69, 9.17) is 0 Å². The van der Waals surface area contributed by atoms with Crippen molar-refractivity contribution in [2.24, 2.45) is 0 Å². The van der Waals surface area contributed by atoms with Crippen molar-refractivity contribution >= 4 is 7.82 Å². The maximum Gasteiger partial charge on any atom is 0.529 e. The van der Waals surface area contributed by atoms with E-state index in [0.29, 0.717) is 0 Å². The lowest BCUT2D eigenvalue weighted by molar-refractivity contribution is -0.278. The summed E-state index contributed by atoms with van der Waals surface area (Å²) < 4.78 is 24.7. The summed E-state index contributed by atoms with van der Waals surface area (Å²) in [5.41, 5.74) is 0. The molecule has 0 atom stereocenters. The highest BCUT2D eigenvalue weighted by Crippen LogP contribution is 2.49. The molecule has 0 amide bonds. The lowest BCUT2D eigenvalue weighted by atomic mass is 10.9. The average molecular weight is 213 g/mol. The van der Waals surface area contributed by atoms with Crippen molar-refractivity contribution in [3.8, 4) is 0 Å². The van der Waals surface area contributed by atoms with Crippen LogP contribution in [0.15, 0.2) is 0 Å². The summed E-state index contributed by atoms with van der Waals surface area (Å²) in [4.78, 5) is 8.85. The van der Waals surface area contributed by atoms with Crippen LogP contribution in [0, 0.1) is 6.92 Å². The number of hydrogen-bond acceptors (Lipinski definition) is 6. The summed E-state index contributed by atoms with van der Waals surface area (Å²) in [5, 5.41) is 0. The summed E-state index contributed by atoms with van der Waals surface area (Å²) in [7, 11) is -3.76. The highest BCUT2D eigenvalue weighted by Gasteiger charge is 2.29. The highest BCUT2D eigenvalue weighted by molar-refractivity contribution is 7.48. The number of phosphoric acid groups is 1. The third kappa shape index (κ3) is 6.15. The molecule has 0 aliphatic rings. The topological polar surface area (TPSA) is 63.2 Å². The molecule has 0 fully saturated rings. The number of rotatable bonds is 8. The molecule has 79 valence electrons. The van der Waals surface area contributed by atoms with Gasteiger partial charge in [-0.05, 0) is 20.8 Å². The van der Waals surface area contributed by atoms with Gasteiger partial charge in [-0.15, -0.1) is 9.35 Å². The van der Waals surface area contributed by atoms with Gasteiger partial charge in [0.2, 0.25) is 0 Å². The monoisotopic (exact) mass is 213 g/mol. The third-order valence-corrected chi connectivity index (χ3v) is 1.85.